The van der Waals surface area contributed by atoms with E-state index in [2.05, 4.69) is 9.62 Å². The summed E-state index contributed by atoms with van der Waals surface area (Å²) in [6.45, 7) is 3.40. The number of sulfonamides is 1. The molecule has 0 amide bonds. The van der Waals surface area contributed by atoms with Gasteiger partial charge in [-0.05, 0) is 38.9 Å². The molecule has 1 rings (SSSR count). The molecular weight excluding hydrogens is 216 g/mol. The predicted molar refractivity (Wildman–Crippen MR) is 59.2 cm³/mol. The van der Waals surface area contributed by atoms with Crippen LogP contribution in [0.3, 0.4) is 0 Å². The Kier molecular flexibility index (Phi) is 5.52. The highest BCUT2D eigenvalue weighted by Crippen LogP contribution is 2.06. The molecule has 0 aromatic heterocycles. The van der Waals surface area contributed by atoms with Crippen LogP contribution in [0.1, 0.15) is 19.3 Å². The lowest BCUT2D eigenvalue weighted by Crippen LogP contribution is -2.31. The Balaban J connectivity index is 2.05. The van der Waals surface area contributed by atoms with Crippen LogP contribution >= 0.6 is 0 Å². The van der Waals surface area contributed by atoms with Crippen molar-refractivity contribution >= 4 is 10.0 Å². The second kappa shape index (κ2) is 6.42. The first-order chi connectivity index (χ1) is 7.14. The van der Waals surface area contributed by atoms with Gasteiger partial charge in [0.2, 0.25) is 10.0 Å². The summed E-state index contributed by atoms with van der Waals surface area (Å²) in [5.74, 6) is -0.198. The Morgan fingerprint density at radius 1 is 1.27 bits per heavy atom. The topological polar surface area (TPSA) is 69.6 Å². The van der Waals surface area contributed by atoms with E-state index in [0.717, 1.165) is 26.1 Å². The summed E-state index contributed by atoms with van der Waals surface area (Å²) >= 11 is 0. The molecule has 0 aromatic carbocycles. The molecule has 1 fully saturated rings. The maximum absolute atomic E-state index is 11.1. The number of rotatable bonds is 7. The lowest BCUT2D eigenvalue weighted by Gasteiger charge is -2.14. The third kappa shape index (κ3) is 5.46. The van der Waals surface area contributed by atoms with Crippen molar-refractivity contribution in [2.45, 2.75) is 19.3 Å². The van der Waals surface area contributed by atoms with E-state index in [1.165, 1.54) is 12.8 Å². The number of nitrogens with one attached hydrogen (secondary N) is 1. The molecule has 0 aliphatic carbocycles. The van der Waals surface area contributed by atoms with Crippen molar-refractivity contribution in [2.24, 2.45) is 0 Å². The summed E-state index contributed by atoms with van der Waals surface area (Å²) < 4.78 is 24.8. The van der Waals surface area contributed by atoms with E-state index in [4.69, 9.17) is 5.11 Å². The number of aliphatic hydroxyl groups excluding tert-OH is 1. The second-order valence-electron chi connectivity index (χ2n) is 3.84. The molecular formula is C9H20N2O3S. The molecule has 6 heteroatoms. The molecule has 5 nitrogen and oxygen atoms in total. The number of hydrogen-bond donors (Lipinski definition) is 2. The lowest BCUT2D eigenvalue weighted by atomic mass is 10.4. The molecule has 15 heavy (non-hydrogen) atoms. The van der Waals surface area contributed by atoms with Crippen LogP contribution in [0.2, 0.25) is 0 Å². The smallest absolute Gasteiger partial charge is 0.213 e. The van der Waals surface area contributed by atoms with Gasteiger partial charge in [-0.25, -0.2) is 13.1 Å². The summed E-state index contributed by atoms with van der Waals surface area (Å²) in [4.78, 5) is 2.35. The predicted octanol–water partition coefficient (Wildman–Crippen LogP) is -0.616. The minimum Gasteiger partial charge on any atom is -0.395 e. The normalized spacial score (nSPS) is 18.5. The minimum absolute atomic E-state index is 0.198. The fourth-order valence-corrected chi connectivity index (χ4v) is 2.57. The van der Waals surface area contributed by atoms with Gasteiger partial charge < -0.3 is 10.0 Å². The second-order valence-corrected chi connectivity index (χ2v) is 5.77. The zero-order valence-corrected chi connectivity index (χ0v) is 9.80. The van der Waals surface area contributed by atoms with Crippen LogP contribution in [0.5, 0.6) is 0 Å². The molecule has 1 saturated heterocycles. The van der Waals surface area contributed by atoms with E-state index >= 15 is 0 Å². The number of aliphatic hydroxyl groups is 1. The number of likely N-dealkylation sites (tertiary alicyclic amines) is 1. The van der Waals surface area contributed by atoms with E-state index in [0.29, 0.717) is 6.54 Å². The van der Waals surface area contributed by atoms with Gasteiger partial charge in [-0.2, -0.15) is 0 Å². The fourth-order valence-electron chi connectivity index (χ4n) is 1.73. The van der Waals surface area contributed by atoms with Gasteiger partial charge in [-0.1, -0.05) is 0 Å². The van der Waals surface area contributed by atoms with Gasteiger partial charge in [0.25, 0.3) is 0 Å². The first-order valence-corrected chi connectivity index (χ1v) is 7.10. The summed E-state index contributed by atoms with van der Waals surface area (Å²) in [5.41, 5.74) is 0. The van der Waals surface area contributed by atoms with E-state index in [9.17, 15) is 8.42 Å². The van der Waals surface area contributed by atoms with Crippen molar-refractivity contribution < 1.29 is 13.5 Å². The van der Waals surface area contributed by atoms with Crippen molar-refractivity contribution in [1.82, 2.24) is 9.62 Å². The number of nitrogens with zero attached hydrogens (tertiary/aromatic N) is 1. The van der Waals surface area contributed by atoms with Crippen molar-refractivity contribution in [1.29, 1.82) is 0 Å². The van der Waals surface area contributed by atoms with Crippen LogP contribution in [0.15, 0.2) is 0 Å². The highest BCUT2D eigenvalue weighted by atomic mass is 32.2. The third-order valence-electron chi connectivity index (χ3n) is 2.53. The van der Waals surface area contributed by atoms with E-state index < -0.39 is 10.0 Å². The summed E-state index contributed by atoms with van der Waals surface area (Å²) in [6.07, 6.45) is 3.36. The molecule has 1 heterocycles. The first-order valence-electron chi connectivity index (χ1n) is 5.44. The molecule has 0 aromatic rings. The maximum Gasteiger partial charge on any atom is 0.213 e. The van der Waals surface area contributed by atoms with E-state index in [1.807, 2.05) is 0 Å². The van der Waals surface area contributed by atoms with Crippen LogP contribution in [0, 0.1) is 0 Å². The Morgan fingerprint density at radius 3 is 2.53 bits per heavy atom. The van der Waals surface area contributed by atoms with E-state index in [1.54, 1.807) is 0 Å². The summed E-state index contributed by atoms with van der Waals surface area (Å²) in [5, 5.41) is 8.50. The zero-order chi connectivity index (χ0) is 11.1. The van der Waals surface area contributed by atoms with Crippen LogP contribution in [0.4, 0.5) is 0 Å². The highest BCUT2D eigenvalue weighted by Gasteiger charge is 2.11. The lowest BCUT2D eigenvalue weighted by molar-refractivity contribution is 0.318. The quantitative estimate of drug-likeness (QED) is 0.578. The van der Waals surface area contributed by atoms with Gasteiger partial charge in [0, 0.05) is 6.54 Å². The van der Waals surface area contributed by atoms with Gasteiger partial charge in [-0.15, -0.1) is 0 Å². The fraction of sp³-hybridized carbons (Fsp3) is 1.00. The molecule has 1 aliphatic heterocycles. The Bertz CT molecular complexity index is 261. The van der Waals surface area contributed by atoms with Crippen LogP contribution in [-0.4, -0.2) is 57.0 Å². The van der Waals surface area contributed by atoms with Crippen LogP contribution in [-0.2, 0) is 10.0 Å². The van der Waals surface area contributed by atoms with Gasteiger partial charge in [-0.3, -0.25) is 0 Å². The third-order valence-corrected chi connectivity index (χ3v) is 3.90. The van der Waals surface area contributed by atoms with Crippen molar-refractivity contribution in [3.8, 4) is 0 Å². The molecule has 0 spiro atoms. The molecule has 90 valence electrons. The SMILES string of the molecule is O=S(=O)(CCO)NCCCN1CCCC1. The largest absolute Gasteiger partial charge is 0.395 e. The van der Waals surface area contributed by atoms with Crippen LogP contribution < -0.4 is 4.72 Å². The van der Waals surface area contributed by atoms with Crippen molar-refractivity contribution in [2.75, 3.05) is 38.5 Å². The minimum atomic E-state index is -3.25. The molecule has 2 N–H and O–H groups in total. The van der Waals surface area contributed by atoms with Crippen molar-refractivity contribution in [3.63, 3.8) is 0 Å². The Labute approximate surface area is 91.5 Å². The Hall–Kier alpha value is -0.170. The Morgan fingerprint density at radius 2 is 1.93 bits per heavy atom. The number of hydrogen-bond acceptors (Lipinski definition) is 4. The molecule has 1 aliphatic rings. The van der Waals surface area contributed by atoms with Gasteiger partial charge >= 0.3 is 0 Å². The maximum atomic E-state index is 11.1. The van der Waals surface area contributed by atoms with Gasteiger partial charge in [0.15, 0.2) is 0 Å². The molecule has 0 atom stereocenters. The molecule has 0 unspecified atom stereocenters. The summed E-state index contributed by atoms with van der Waals surface area (Å²) in [6, 6.07) is 0. The van der Waals surface area contributed by atoms with Crippen molar-refractivity contribution in [3.05, 3.63) is 0 Å². The standard InChI is InChI=1S/C9H20N2O3S/c12-8-9-15(13,14)10-4-3-7-11-5-1-2-6-11/h10,12H,1-9H2. The monoisotopic (exact) mass is 236 g/mol. The van der Waals surface area contributed by atoms with Gasteiger partial charge in [0.1, 0.15) is 0 Å². The van der Waals surface area contributed by atoms with E-state index in [-0.39, 0.29) is 12.4 Å². The molecule has 0 saturated carbocycles. The summed E-state index contributed by atoms with van der Waals surface area (Å²) in [7, 11) is -3.25. The zero-order valence-electron chi connectivity index (χ0n) is 8.98. The first kappa shape index (κ1) is 12.9. The average Bonchev–Trinajstić information content (AvgIpc) is 2.65. The average molecular weight is 236 g/mol. The molecule has 0 radical (unpaired) electrons. The molecule has 0 bridgehead atoms. The highest BCUT2D eigenvalue weighted by molar-refractivity contribution is 7.89. The van der Waals surface area contributed by atoms with Gasteiger partial charge in [0.05, 0.1) is 12.4 Å². The van der Waals surface area contributed by atoms with Crippen LogP contribution in [0.25, 0.3) is 0 Å².